The molecule has 1 heterocycles. The minimum Gasteiger partial charge on any atom is -0.495 e. The van der Waals surface area contributed by atoms with E-state index in [-0.39, 0.29) is 11.9 Å². The first-order chi connectivity index (χ1) is 9.11. The Morgan fingerprint density at radius 1 is 1.42 bits per heavy atom. The molecule has 0 saturated carbocycles. The van der Waals surface area contributed by atoms with Crippen molar-refractivity contribution in [1.29, 1.82) is 0 Å². The van der Waals surface area contributed by atoms with Crippen LogP contribution in [0.1, 0.15) is 19.8 Å². The zero-order valence-electron chi connectivity index (χ0n) is 11.3. The van der Waals surface area contributed by atoms with E-state index in [1.54, 1.807) is 25.3 Å². The highest BCUT2D eigenvalue weighted by Crippen LogP contribution is 2.27. The van der Waals surface area contributed by atoms with Gasteiger partial charge >= 0.3 is 0 Å². The van der Waals surface area contributed by atoms with Crippen LogP contribution in [0.25, 0.3) is 0 Å². The van der Waals surface area contributed by atoms with Gasteiger partial charge < -0.3 is 10.1 Å². The number of hydrogen-bond donors (Lipinski definition) is 1. The maximum absolute atomic E-state index is 12.1. The third-order valence-electron chi connectivity index (χ3n) is 3.49. The third-order valence-corrected chi connectivity index (χ3v) is 3.78. The average Bonchev–Trinajstić information content (AvgIpc) is 2.92. The molecule has 0 unspecified atom stereocenters. The van der Waals surface area contributed by atoms with E-state index in [9.17, 15) is 4.79 Å². The van der Waals surface area contributed by atoms with Crippen molar-refractivity contribution in [2.45, 2.75) is 25.8 Å². The Kier molecular flexibility index (Phi) is 4.66. The van der Waals surface area contributed by atoms with Gasteiger partial charge in [-0.1, -0.05) is 11.6 Å². The second kappa shape index (κ2) is 6.26. The molecule has 0 aliphatic carbocycles. The van der Waals surface area contributed by atoms with Gasteiger partial charge in [0, 0.05) is 5.69 Å². The van der Waals surface area contributed by atoms with E-state index in [2.05, 4.69) is 10.2 Å². The number of amides is 1. The number of ether oxygens (including phenoxy) is 1. The lowest BCUT2D eigenvalue weighted by molar-refractivity contribution is -0.120. The normalized spacial score (nSPS) is 17.2. The minimum absolute atomic E-state index is 0.00290. The molecular weight excluding hydrogens is 264 g/mol. The van der Waals surface area contributed by atoms with Crippen molar-refractivity contribution in [3.63, 3.8) is 0 Å². The Balaban J connectivity index is 2.00. The molecule has 2 rings (SSSR count). The van der Waals surface area contributed by atoms with Crippen LogP contribution in [-0.4, -0.2) is 37.0 Å². The molecule has 4 nitrogen and oxygen atoms in total. The van der Waals surface area contributed by atoms with Gasteiger partial charge in [-0.3, -0.25) is 9.69 Å². The van der Waals surface area contributed by atoms with Crippen molar-refractivity contribution < 1.29 is 9.53 Å². The first-order valence-electron chi connectivity index (χ1n) is 6.50. The third kappa shape index (κ3) is 3.39. The van der Waals surface area contributed by atoms with Crippen molar-refractivity contribution in [2.24, 2.45) is 0 Å². The lowest BCUT2D eigenvalue weighted by atomic mass is 10.2. The summed E-state index contributed by atoms with van der Waals surface area (Å²) in [6.07, 6.45) is 2.35. The van der Waals surface area contributed by atoms with E-state index in [4.69, 9.17) is 16.3 Å². The summed E-state index contributed by atoms with van der Waals surface area (Å²) in [5.41, 5.74) is 0.696. The maximum Gasteiger partial charge on any atom is 0.241 e. The number of carbonyl (C=O) groups excluding carboxylic acids is 1. The number of nitrogens with zero attached hydrogens (tertiary/aromatic N) is 1. The van der Waals surface area contributed by atoms with Gasteiger partial charge in [0.2, 0.25) is 5.91 Å². The quantitative estimate of drug-likeness (QED) is 0.923. The second-order valence-electron chi connectivity index (χ2n) is 4.76. The summed E-state index contributed by atoms with van der Waals surface area (Å²) in [4.78, 5) is 14.3. The molecule has 5 heteroatoms. The molecule has 19 heavy (non-hydrogen) atoms. The fourth-order valence-corrected chi connectivity index (χ4v) is 2.54. The van der Waals surface area contributed by atoms with Gasteiger partial charge in [-0.2, -0.15) is 0 Å². The van der Waals surface area contributed by atoms with Crippen molar-refractivity contribution >= 4 is 23.2 Å². The molecule has 0 spiro atoms. The fraction of sp³-hybridized carbons (Fsp3) is 0.500. The Bertz CT molecular complexity index is 459. The van der Waals surface area contributed by atoms with Gasteiger partial charge in [0.1, 0.15) is 5.75 Å². The average molecular weight is 283 g/mol. The van der Waals surface area contributed by atoms with Crippen LogP contribution in [0.5, 0.6) is 5.75 Å². The van der Waals surface area contributed by atoms with Crippen LogP contribution >= 0.6 is 11.6 Å². The smallest absolute Gasteiger partial charge is 0.241 e. The number of rotatable bonds is 4. The van der Waals surface area contributed by atoms with Crippen LogP contribution in [0.3, 0.4) is 0 Å². The standard InChI is InChI=1S/C14H19ClN2O2/c1-10(17-7-3-4-8-17)14(18)16-11-5-6-13(19-2)12(15)9-11/h5-6,9-10H,3-4,7-8H2,1-2H3,(H,16,18)/t10-/m1/s1. The fourth-order valence-electron chi connectivity index (χ4n) is 2.29. The monoisotopic (exact) mass is 282 g/mol. The molecule has 0 aromatic heterocycles. The summed E-state index contributed by atoms with van der Waals surface area (Å²) in [5.74, 6) is 0.607. The minimum atomic E-state index is -0.108. The van der Waals surface area contributed by atoms with Crippen LogP contribution in [0, 0.1) is 0 Å². The zero-order chi connectivity index (χ0) is 13.8. The van der Waals surface area contributed by atoms with E-state index in [0.717, 1.165) is 13.1 Å². The van der Waals surface area contributed by atoms with E-state index in [1.165, 1.54) is 12.8 Å². The molecule has 1 aromatic rings. The van der Waals surface area contributed by atoms with E-state index in [0.29, 0.717) is 16.5 Å². The molecule has 0 radical (unpaired) electrons. The van der Waals surface area contributed by atoms with Gasteiger partial charge in [0.25, 0.3) is 0 Å². The molecule has 1 aromatic carbocycles. The predicted molar refractivity (Wildman–Crippen MR) is 76.9 cm³/mol. The van der Waals surface area contributed by atoms with Crippen LogP contribution in [0.15, 0.2) is 18.2 Å². The summed E-state index contributed by atoms with van der Waals surface area (Å²) in [7, 11) is 1.56. The van der Waals surface area contributed by atoms with Gasteiger partial charge in [-0.05, 0) is 51.1 Å². The molecule has 1 aliphatic heterocycles. The maximum atomic E-state index is 12.1. The van der Waals surface area contributed by atoms with Crippen molar-refractivity contribution in [2.75, 3.05) is 25.5 Å². The van der Waals surface area contributed by atoms with Gasteiger partial charge in [-0.25, -0.2) is 0 Å². The van der Waals surface area contributed by atoms with Crippen molar-refractivity contribution in [3.05, 3.63) is 23.2 Å². The number of anilines is 1. The van der Waals surface area contributed by atoms with Crippen molar-refractivity contribution in [3.8, 4) is 5.75 Å². The van der Waals surface area contributed by atoms with Gasteiger partial charge in [-0.15, -0.1) is 0 Å². The first-order valence-corrected chi connectivity index (χ1v) is 6.88. The number of hydrogen-bond acceptors (Lipinski definition) is 3. The number of benzene rings is 1. The Morgan fingerprint density at radius 2 is 2.11 bits per heavy atom. The Hall–Kier alpha value is -1.26. The summed E-state index contributed by atoms with van der Waals surface area (Å²) < 4.78 is 5.08. The van der Waals surface area contributed by atoms with Gasteiger partial charge in [0.15, 0.2) is 0 Å². The highest BCUT2D eigenvalue weighted by molar-refractivity contribution is 6.32. The molecule has 0 bridgehead atoms. The number of likely N-dealkylation sites (tertiary alicyclic amines) is 1. The number of nitrogens with one attached hydrogen (secondary N) is 1. The number of methoxy groups -OCH3 is 1. The molecule has 1 atom stereocenters. The lowest BCUT2D eigenvalue weighted by Crippen LogP contribution is -2.40. The topological polar surface area (TPSA) is 41.6 Å². The van der Waals surface area contributed by atoms with E-state index in [1.807, 2.05) is 6.92 Å². The Morgan fingerprint density at radius 3 is 2.68 bits per heavy atom. The summed E-state index contributed by atoms with van der Waals surface area (Å²) in [6, 6.07) is 5.13. The van der Waals surface area contributed by atoms with E-state index >= 15 is 0 Å². The molecule has 1 amide bonds. The van der Waals surface area contributed by atoms with E-state index < -0.39 is 0 Å². The van der Waals surface area contributed by atoms with Crippen LogP contribution < -0.4 is 10.1 Å². The SMILES string of the molecule is COc1ccc(NC(=O)[C@@H](C)N2CCCC2)cc1Cl. The molecule has 1 aliphatic rings. The zero-order valence-corrected chi connectivity index (χ0v) is 12.0. The highest BCUT2D eigenvalue weighted by Gasteiger charge is 2.23. The van der Waals surface area contributed by atoms with Crippen LogP contribution in [-0.2, 0) is 4.79 Å². The number of carbonyl (C=O) groups is 1. The molecule has 1 saturated heterocycles. The molecular formula is C14H19ClN2O2. The second-order valence-corrected chi connectivity index (χ2v) is 5.16. The molecule has 104 valence electrons. The first kappa shape index (κ1) is 14.2. The van der Waals surface area contributed by atoms with Crippen LogP contribution in [0.4, 0.5) is 5.69 Å². The summed E-state index contributed by atoms with van der Waals surface area (Å²) in [5, 5.41) is 3.38. The number of halogens is 1. The summed E-state index contributed by atoms with van der Waals surface area (Å²) >= 11 is 6.03. The highest BCUT2D eigenvalue weighted by atomic mass is 35.5. The largest absolute Gasteiger partial charge is 0.495 e. The molecule has 1 N–H and O–H groups in total. The predicted octanol–water partition coefficient (Wildman–Crippen LogP) is 2.77. The van der Waals surface area contributed by atoms with Crippen molar-refractivity contribution in [1.82, 2.24) is 4.90 Å². The molecule has 1 fully saturated rings. The Labute approximate surface area is 118 Å². The lowest BCUT2D eigenvalue weighted by Gasteiger charge is -2.22. The van der Waals surface area contributed by atoms with Crippen LogP contribution in [0.2, 0.25) is 5.02 Å². The summed E-state index contributed by atoms with van der Waals surface area (Å²) in [6.45, 7) is 3.93. The van der Waals surface area contributed by atoms with Gasteiger partial charge in [0.05, 0.1) is 18.2 Å².